The quantitative estimate of drug-likeness (QED) is 0.874. The van der Waals surface area contributed by atoms with Gasteiger partial charge in [-0.2, -0.15) is 11.8 Å². The number of nitrogens with two attached hydrogens (primary N) is 1. The van der Waals surface area contributed by atoms with E-state index in [1.165, 1.54) is 11.3 Å². The first-order valence-electron chi connectivity index (χ1n) is 5.80. The first kappa shape index (κ1) is 14.9. The Morgan fingerprint density at radius 2 is 2.18 bits per heavy atom. The van der Waals surface area contributed by atoms with Crippen LogP contribution in [0.2, 0.25) is 0 Å². The molecule has 4 heteroatoms. The monoisotopic (exact) mass is 316 g/mol. The second kappa shape index (κ2) is 7.29. The average Bonchev–Trinajstić information content (AvgIpc) is 2.29. The van der Waals surface area contributed by atoms with E-state index >= 15 is 0 Å². The summed E-state index contributed by atoms with van der Waals surface area (Å²) in [6, 6.07) is 7.03. The van der Waals surface area contributed by atoms with Crippen molar-refractivity contribution < 1.29 is 0 Å². The number of anilines is 1. The van der Waals surface area contributed by atoms with Crippen LogP contribution in [0.25, 0.3) is 0 Å². The van der Waals surface area contributed by atoms with Gasteiger partial charge in [-0.05, 0) is 59.8 Å². The molecule has 0 bridgehead atoms. The molecule has 0 heterocycles. The lowest BCUT2D eigenvalue weighted by atomic mass is 10.1. The van der Waals surface area contributed by atoms with Crippen LogP contribution >= 0.6 is 27.7 Å². The van der Waals surface area contributed by atoms with Crippen LogP contribution in [0.5, 0.6) is 0 Å². The minimum Gasteiger partial charge on any atom is -0.370 e. The highest BCUT2D eigenvalue weighted by Crippen LogP contribution is 2.28. The number of hydrogen-bond acceptors (Lipinski definition) is 3. The molecule has 1 rings (SSSR count). The van der Waals surface area contributed by atoms with Gasteiger partial charge in [0.25, 0.3) is 0 Å². The zero-order valence-corrected chi connectivity index (χ0v) is 13.1. The van der Waals surface area contributed by atoms with Gasteiger partial charge >= 0.3 is 0 Å². The molecule has 1 atom stereocenters. The van der Waals surface area contributed by atoms with E-state index in [0.717, 1.165) is 16.6 Å². The maximum Gasteiger partial charge on any atom is 0.0510 e. The van der Waals surface area contributed by atoms with Crippen LogP contribution in [-0.2, 0) is 6.42 Å². The van der Waals surface area contributed by atoms with Gasteiger partial charge in [-0.1, -0.05) is 6.07 Å². The molecular formula is C13H21BrN2S. The molecule has 96 valence electrons. The van der Waals surface area contributed by atoms with Crippen molar-refractivity contribution in [1.82, 2.24) is 0 Å². The third-order valence-electron chi connectivity index (χ3n) is 2.89. The summed E-state index contributed by atoms with van der Waals surface area (Å²) in [5.74, 6) is 1.13. The summed E-state index contributed by atoms with van der Waals surface area (Å²) >= 11 is 5.52. The fraction of sp³-hybridized carbons (Fsp3) is 0.538. The molecule has 1 unspecified atom stereocenters. The van der Waals surface area contributed by atoms with Crippen molar-refractivity contribution in [3.8, 4) is 0 Å². The van der Waals surface area contributed by atoms with E-state index in [1.54, 1.807) is 0 Å². The number of halogens is 1. The second-order valence-electron chi connectivity index (χ2n) is 4.24. The standard InChI is InChI=1S/C13H21BrN2S/c1-10(9-17-3)16(2)13-5-4-11(6-7-15)8-12(13)14/h4-5,8,10H,6-7,9,15H2,1-3H3. The molecule has 0 aromatic heterocycles. The van der Waals surface area contributed by atoms with Gasteiger partial charge in [0.1, 0.15) is 0 Å². The Kier molecular flexibility index (Phi) is 6.38. The molecule has 0 aliphatic carbocycles. The van der Waals surface area contributed by atoms with Gasteiger partial charge in [-0.25, -0.2) is 0 Å². The molecule has 0 aliphatic rings. The smallest absolute Gasteiger partial charge is 0.0510 e. The highest BCUT2D eigenvalue weighted by molar-refractivity contribution is 9.10. The van der Waals surface area contributed by atoms with E-state index in [4.69, 9.17) is 5.73 Å². The maximum atomic E-state index is 5.57. The lowest BCUT2D eigenvalue weighted by Crippen LogP contribution is -2.31. The molecule has 2 nitrogen and oxygen atoms in total. The minimum atomic E-state index is 0.529. The van der Waals surface area contributed by atoms with Crippen LogP contribution in [0.3, 0.4) is 0 Å². The Hall–Kier alpha value is -0.190. The topological polar surface area (TPSA) is 29.3 Å². The zero-order chi connectivity index (χ0) is 12.8. The van der Waals surface area contributed by atoms with Crippen LogP contribution in [0.15, 0.2) is 22.7 Å². The van der Waals surface area contributed by atoms with Crippen molar-refractivity contribution in [2.75, 3.05) is 30.5 Å². The largest absolute Gasteiger partial charge is 0.370 e. The first-order chi connectivity index (χ1) is 8.10. The SMILES string of the molecule is CSCC(C)N(C)c1ccc(CCN)cc1Br. The normalized spacial score (nSPS) is 12.5. The number of rotatable bonds is 6. The van der Waals surface area contributed by atoms with E-state index in [-0.39, 0.29) is 0 Å². The molecule has 0 aliphatic heterocycles. The highest BCUT2D eigenvalue weighted by Gasteiger charge is 2.12. The van der Waals surface area contributed by atoms with Crippen LogP contribution < -0.4 is 10.6 Å². The van der Waals surface area contributed by atoms with Crippen LogP contribution in [-0.4, -0.2) is 31.6 Å². The molecule has 1 aromatic carbocycles. The molecule has 0 radical (unpaired) electrons. The van der Waals surface area contributed by atoms with Crippen molar-refractivity contribution in [3.05, 3.63) is 28.2 Å². The minimum absolute atomic E-state index is 0.529. The van der Waals surface area contributed by atoms with Gasteiger partial charge in [0.15, 0.2) is 0 Å². The summed E-state index contributed by atoms with van der Waals surface area (Å²) in [4.78, 5) is 2.31. The fourth-order valence-electron chi connectivity index (χ4n) is 1.75. The van der Waals surface area contributed by atoms with Crippen LogP contribution in [0.1, 0.15) is 12.5 Å². The Morgan fingerprint density at radius 3 is 2.71 bits per heavy atom. The van der Waals surface area contributed by atoms with Gasteiger partial charge < -0.3 is 10.6 Å². The van der Waals surface area contributed by atoms with Crippen molar-refractivity contribution >= 4 is 33.4 Å². The third kappa shape index (κ3) is 4.19. The molecule has 0 spiro atoms. The number of nitrogens with zero attached hydrogens (tertiary/aromatic N) is 1. The van der Waals surface area contributed by atoms with Crippen molar-refractivity contribution in [2.45, 2.75) is 19.4 Å². The van der Waals surface area contributed by atoms with Crippen molar-refractivity contribution in [2.24, 2.45) is 5.73 Å². The van der Waals surface area contributed by atoms with Crippen LogP contribution in [0.4, 0.5) is 5.69 Å². The van der Waals surface area contributed by atoms with Crippen molar-refractivity contribution in [3.63, 3.8) is 0 Å². The number of thioether (sulfide) groups is 1. The Morgan fingerprint density at radius 1 is 1.47 bits per heavy atom. The summed E-state index contributed by atoms with van der Waals surface area (Å²) in [5.41, 5.74) is 8.10. The number of benzene rings is 1. The summed E-state index contributed by atoms with van der Waals surface area (Å²) in [6.07, 6.45) is 3.08. The predicted octanol–water partition coefficient (Wildman–Crippen LogP) is 3.14. The summed E-state index contributed by atoms with van der Waals surface area (Å²) in [6.45, 7) is 2.95. The first-order valence-corrected chi connectivity index (χ1v) is 7.99. The molecule has 2 N–H and O–H groups in total. The van der Waals surface area contributed by atoms with E-state index in [0.29, 0.717) is 12.6 Å². The molecular weight excluding hydrogens is 296 g/mol. The average molecular weight is 317 g/mol. The molecule has 1 aromatic rings. The van der Waals surface area contributed by atoms with E-state index in [9.17, 15) is 0 Å². The summed E-state index contributed by atoms with van der Waals surface area (Å²) < 4.78 is 1.15. The Bertz CT molecular complexity index is 357. The Labute approximate surface area is 117 Å². The molecule has 0 saturated carbocycles. The summed E-state index contributed by atoms with van der Waals surface area (Å²) in [7, 11) is 2.14. The highest BCUT2D eigenvalue weighted by atomic mass is 79.9. The number of hydrogen-bond donors (Lipinski definition) is 1. The van der Waals surface area contributed by atoms with Gasteiger partial charge in [-0.3, -0.25) is 0 Å². The van der Waals surface area contributed by atoms with Gasteiger partial charge in [0.05, 0.1) is 5.69 Å². The van der Waals surface area contributed by atoms with Crippen molar-refractivity contribution in [1.29, 1.82) is 0 Å². The van der Waals surface area contributed by atoms with Gasteiger partial charge in [0, 0.05) is 23.3 Å². The third-order valence-corrected chi connectivity index (χ3v) is 4.35. The lowest BCUT2D eigenvalue weighted by molar-refractivity contribution is 0.763. The second-order valence-corrected chi connectivity index (χ2v) is 6.00. The van der Waals surface area contributed by atoms with E-state index in [2.05, 4.69) is 59.3 Å². The molecule has 0 fully saturated rings. The van der Waals surface area contributed by atoms with E-state index in [1.807, 2.05) is 11.8 Å². The maximum absolute atomic E-state index is 5.57. The van der Waals surface area contributed by atoms with Gasteiger partial charge in [-0.15, -0.1) is 0 Å². The molecule has 0 amide bonds. The van der Waals surface area contributed by atoms with Crippen LogP contribution in [0, 0.1) is 0 Å². The zero-order valence-electron chi connectivity index (χ0n) is 10.7. The molecule has 0 saturated heterocycles. The predicted molar refractivity (Wildman–Crippen MR) is 83.1 cm³/mol. The Balaban J connectivity index is 2.83. The molecule has 17 heavy (non-hydrogen) atoms. The lowest BCUT2D eigenvalue weighted by Gasteiger charge is -2.27. The fourth-order valence-corrected chi connectivity index (χ4v) is 3.16. The summed E-state index contributed by atoms with van der Waals surface area (Å²) in [5, 5.41) is 0. The van der Waals surface area contributed by atoms with E-state index < -0.39 is 0 Å². The van der Waals surface area contributed by atoms with Gasteiger partial charge in [0.2, 0.25) is 0 Å².